The van der Waals surface area contributed by atoms with E-state index in [0.29, 0.717) is 31.4 Å². The second kappa shape index (κ2) is 9.17. The number of nitrogens with one attached hydrogen (secondary N) is 1. The molecule has 0 aliphatic carbocycles. The molecule has 1 aliphatic rings. The van der Waals surface area contributed by atoms with Gasteiger partial charge in [0.1, 0.15) is 20.4 Å². The molecule has 0 bridgehead atoms. The Kier molecular flexibility index (Phi) is 6.72. The molecular weight excluding hydrogens is 499 g/mol. The summed E-state index contributed by atoms with van der Waals surface area (Å²) in [5.41, 5.74) is 1.72. The lowest BCUT2D eigenvalue weighted by Crippen LogP contribution is -2.21. The number of benzene rings is 2. The number of hydrogen-bond acceptors (Lipinski definition) is 5. The van der Waals surface area contributed by atoms with Crippen LogP contribution in [0.5, 0.6) is 5.75 Å². The summed E-state index contributed by atoms with van der Waals surface area (Å²) in [4.78, 5) is 2.17. The number of rotatable bonds is 6. The minimum atomic E-state index is -3.85. The maximum absolute atomic E-state index is 13.0. The number of likely N-dealkylation sites (N-methyl/N-ethyl adjacent to an activating group) is 1. The highest BCUT2D eigenvalue weighted by molar-refractivity contribution is 7.94. The number of hydrogen-bond donors (Lipinski definition) is 1. The van der Waals surface area contributed by atoms with E-state index in [4.69, 9.17) is 39.5 Å². The van der Waals surface area contributed by atoms with Crippen LogP contribution < -0.4 is 9.46 Å². The van der Waals surface area contributed by atoms with Gasteiger partial charge in [0.15, 0.2) is 0 Å². The van der Waals surface area contributed by atoms with Crippen molar-refractivity contribution in [2.75, 3.05) is 24.9 Å². The van der Waals surface area contributed by atoms with E-state index >= 15 is 0 Å². The Bertz CT molecular complexity index is 1210. The summed E-state index contributed by atoms with van der Waals surface area (Å²) in [6.45, 7) is 1.75. The molecule has 1 atom stereocenters. The number of ether oxygens (including phenoxy) is 1. The number of likely N-dealkylation sites (tertiary alicyclic amines) is 1. The molecule has 4 rings (SSSR count). The van der Waals surface area contributed by atoms with Crippen molar-refractivity contribution in [2.45, 2.75) is 16.7 Å². The maximum Gasteiger partial charge on any atom is 0.271 e. The van der Waals surface area contributed by atoms with Crippen molar-refractivity contribution in [3.63, 3.8) is 0 Å². The van der Waals surface area contributed by atoms with Gasteiger partial charge < -0.3 is 9.64 Å². The fraction of sp³-hybridized carbons (Fsp3) is 0.238. The Morgan fingerprint density at radius 3 is 2.65 bits per heavy atom. The Morgan fingerprint density at radius 2 is 1.94 bits per heavy atom. The molecule has 1 aliphatic heterocycles. The zero-order valence-corrected chi connectivity index (χ0v) is 20.3. The zero-order valence-electron chi connectivity index (χ0n) is 16.4. The van der Waals surface area contributed by atoms with E-state index < -0.39 is 10.0 Å². The largest absolute Gasteiger partial charge is 0.487 e. The minimum Gasteiger partial charge on any atom is -0.487 e. The van der Waals surface area contributed by atoms with E-state index in [2.05, 4.69) is 9.62 Å². The van der Waals surface area contributed by atoms with E-state index in [1.807, 2.05) is 13.1 Å². The first-order valence-corrected chi connectivity index (χ1v) is 12.9. The monoisotopic (exact) mass is 516 g/mol. The van der Waals surface area contributed by atoms with Crippen molar-refractivity contribution in [1.29, 1.82) is 0 Å². The fourth-order valence-corrected chi connectivity index (χ4v) is 6.53. The normalized spacial score (nSPS) is 17.1. The highest BCUT2D eigenvalue weighted by Crippen LogP contribution is 2.39. The van der Waals surface area contributed by atoms with Gasteiger partial charge in [0.2, 0.25) is 0 Å². The first kappa shape index (κ1) is 22.7. The summed E-state index contributed by atoms with van der Waals surface area (Å²) >= 11 is 19.6. The molecule has 2 aromatic carbocycles. The van der Waals surface area contributed by atoms with Gasteiger partial charge in [0.05, 0.1) is 10.7 Å². The summed E-state index contributed by atoms with van der Waals surface area (Å²) in [5.74, 6) is 0.450. The second-order valence-electron chi connectivity index (χ2n) is 7.30. The number of nitrogens with zero attached hydrogens (tertiary/aromatic N) is 1. The van der Waals surface area contributed by atoms with Crippen LogP contribution in [-0.4, -0.2) is 39.6 Å². The second-order valence-corrected chi connectivity index (χ2v) is 11.7. The van der Waals surface area contributed by atoms with Gasteiger partial charge in [-0.2, -0.15) is 0 Å². The van der Waals surface area contributed by atoms with Crippen LogP contribution in [0.3, 0.4) is 0 Å². The number of thiophene rings is 1. The molecule has 0 amide bonds. The molecular formula is C21H19Cl3N2O3S2. The SMILES string of the molecule is CN1CC[C@@H](Oc2cc(NS(=O)(=O)c3cc(-c4cccc(Cl)c4)c(Cl)s3)ccc2Cl)C1. The number of anilines is 1. The van der Waals surface area contributed by atoms with E-state index in [1.54, 1.807) is 42.5 Å². The zero-order chi connectivity index (χ0) is 22.2. The van der Waals surface area contributed by atoms with Gasteiger partial charge in [0.25, 0.3) is 10.0 Å². The van der Waals surface area contributed by atoms with Crippen LogP contribution in [0, 0.1) is 0 Å². The third-order valence-corrected chi connectivity index (χ3v) is 8.65. The highest BCUT2D eigenvalue weighted by Gasteiger charge is 2.24. The molecule has 5 nitrogen and oxygen atoms in total. The smallest absolute Gasteiger partial charge is 0.271 e. The molecule has 0 radical (unpaired) electrons. The molecule has 10 heteroatoms. The molecule has 3 aromatic rings. The summed E-state index contributed by atoms with van der Waals surface area (Å²) in [6, 6.07) is 13.5. The van der Waals surface area contributed by atoms with Crippen molar-refractivity contribution in [2.24, 2.45) is 0 Å². The summed E-state index contributed by atoms with van der Waals surface area (Å²) in [7, 11) is -1.83. The van der Waals surface area contributed by atoms with Gasteiger partial charge in [-0.05, 0) is 49.4 Å². The molecule has 164 valence electrons. The standard InChI is InChI=1S/C21H19Cl3N2O3S2/c1-26-8-7-16(12-26)29-19-10-15(5-6-18(19)23)25-31(27,28)20-11-17(21(24)30-20)13-3-2-4-14(22)9-13/h2-6,9-11,16,25H,7-8,12H2,1H3/t16-/m1/s1. The van der Waals surface area contributed by atoms with Gasteiger partial charge in [-0.1, -0.05) is 46.9 Å². The van der Waals surface area contributed by atoms with Gasteiger partial charge >= 0.3 is 0 Å². The number of halogens is 3. The average Bonchev–Trinajstić information content (AvgIpc) is 3.30. The molecule has 2 heterocycles. The molecule has 31 heavy (non-hydrogen) atoms. The Hall–Kier alpha value is -1.48. The van der Waals surface area contributed by atoms with E-state index in [-0.39, 0.29) is 10.3 Å². The summed E-state index contributed by atoms with van der Waals surface area (Å²) in [5, 5.41) is 0.976. The first-order chi connectivity index (χ1) is 14.7. The summed E-state index contributed by atoms with van der Waals surface area (Å²) < 4.78 is 35.0. The van der Waals surface area contributed by atoms with Crippen molar-refractivity contribution in [3.8, 4) is 16.9 Å². The van der Waals surface area contributed by atoms with Crippen LogP contribution in [0.2, 0.25) is 14.4 Å². The van der Waals surface area contributed by atoms with Crippen LogP contribution in [0.25, 0.3) is 11.1 Å². The van der Waals surface area contributed by atoms with E-state index in [0.717, 1.165) is 36.4 Å². The third-order valence-electron chi connectivity index (χ3n) is 4.89. The quantitative estimate of drug-likeness (QED) is 0.419. The average molecular weight is 518 g/mol. The molecule has 1 saturated heterocycles. The number of sulfonamides is 1. The molecule has 1 fully saturated rings. The molecule has 0 saturated carbocycles. The highest BCUT2D eigenvalue weighted by atomic mass is 35.5. The van der Waals surface area contributed by atoms with Gasteiger partial charge in [-0.3, -0.25) is 4.72 Å². The molecule has 1 N–H and O–H groups in total. The minimum absolute atomic E-state index is 0.0192. The van der Waals surface area contributed by atoms with Crippen molar-refractivity contribution in [3.05, 3.63) is 62.9 Å². The van der Waals surface area contributed by atoms with Crippen LogP contribution in [0.4, 0.5) is 5.69 Å². The van der Waals surface area contributed by atoms with Gasteiger partial charge in [-0.15, -0.1) is 11.3 Å². The topological polar surface area (TPSA) is 58.6 Å². The third kappa shape index (κ3) is 5.30. The van der Waals surface area contributed by atoms with Crippen LogP contribution in [0.1, 0.15) is 6.42 Å². The molecule has 0 spiro atoms. The van der Waals surface area contributed by atoms with Crippen LogP contribution in [-0.2, 0) is 10.0 Å². The Labute approximate surface area is 200 Å². The van der Waals surface area contributed by atoms with Crippen molar-refractivity contribution >= 4 is 61.9 Å². The van der Waals surface area contributed by atoms with E-state index in [1.165, 1.54) is 0 Å². The van der Waals surface area contributed by atoms with Crippen LogP contribution >= 0.6 is 46.1 Å². The Balaban J connectivity index is 1.57. The van der Waals surface area contributed by atoms with Gasteiger partial charge in [0, 0.05) is 29.7 Å². The van der Waals surface area contributed by atoms with Gasteiger partial charge in [-0.25, -0.2) is 8.42 Å². The van der Waals surface area contributed by atoms with E-state index in [9.17, 15) is 8.42 Å². The maximum atomic E-state index is 13.0. The lowest BCUT2D eigenvalue weighted by Gasteiger charge is -2.16. The lowest BCUT2D eigenvalue weighted by atomic mass is 10.1. The fourth-order valence-electron chi connectivity index (χ4n) is 3.37. The van der Waals surface area contributed by atoms with Crippen molar-refractivity contribution < 1.29 is 13.2 Å². The lowest BCUT2D eigenvalue weighted by molar-refractivity contribution is 0.208. The predicted molar refractivity (Wildman–Crippen MR) is 129 cm³/mol. The predicted octanol–water partition coefficient (Wildman–Crippen LogP) is 6.26. The van der Waals surface area contributed by atoms with Crippen LogP contribution in [0.15, 0.2) is 52.7 Å². The molecule has 0 unspecified atom stereocenters. The molecule has 1 aromatic heterocycles. The summed E-state index contributed by atoms with van der Waals surface area (Å²) in [6.07, 6.45) is 0.911. The van der Waals surface area contributed by atoms with Crippen molar-refractivity contribution in [1.82, 2.24) is 4.90 Å². The first-order valence-electron chi connectivity index (χ1n) is 9.44. The Morgan fingerprint density at radius 1 is 1.13 bits per heavy atom.